The third-order valence-corrected chi connectivity index (χ3v) is 11.4. The van der Waals surface area contributed by atoms with Crippen LogP contribution in [0.25, 0.3) is 78.1 Å². The van der Waals surface area contributed by atoms with E-state index in [1.807, 2.05) is 30.3 Å². The van der Waals surface area contributed by atoms with Gasteiger partial charge in [-0.05, 0) is 62.7 Å². The average Bonchev–Trinajstić information content (AvgIpc) is 3.81. The third kappa shape index (κ3) is 4.91. The molecule has 0 amide bonds. The van der Waals surface area contributed by atoms with Crippen LogP contribution in [0.3, 0.4) is 0 Å². The maximum Gasteiger partial charge on any atom is 0.160 e. The molecule has 11 rings (SSSR count). The number of para-hydroxylation sites is 2. The second kappa shape index (κ2) is 12.9. The molecular weight excluding hydrogens is 681 g/mol. The van der Waals surface area contributed by atoms with Gasteiger partial charge in [0.15, 0.2) is 5.82 Å². The Morgan fingerprint density at radius 1 is 0.357 bits per heavy atom. The van der Waals surface area contributed by atoms with Gasteiger partial charge in [0.05, 0.1) is 16.8 Å². The Bertz CT molecular complexity index is 3030. The summed E-state index contributed by atoms with van der Waals surface area (Å²) in [5, 5.41) is 2.17. The minimum atomic E-state index is -0.493. The van der Waals surface area contributed by atoms with Crippen LogP contribution in [0.2, 0.25) is 0 Å². The first kappa shape index (κ1) is 32.1. The summed E-state index contributed by atoms with van der Waals surface area (Å²) in [6.45, 7) is 0. The molecule has 0 spiro atoms. The molecule has 262 valence electrons. The average molecular weight is 715 g/mol. The monoisotopic (exact) mass is 714 g/mol. The molecule has 3 nitrogen and oxygen atoms in total. The van der Waals surface area contributed by atoms with Crippen LogP contribution in [-0.4, -0.2) is 9.97 Å². The summed E-state index contributed by atoms with van der Waals surface area (Å²) in [5.41, 5.74) is 15.8. The highest BCUT2D eigenvalue weighted by Crippen LogP contribution is 2.57. The van der Waals surface area contributed by atoms with E-state index in [4.69, 9.17) is 14.4 Å². The summed E-state index contributed by atoms with van der Waals surface area (Å²) in [5.74, 6) is 0.670. The minimum Gasteiger partial charge on any atom is -0.455 e. The van der Waals surface area contributed by atoms with Gasteiger partial charge in [0.1, 0.15) is 11.2 Å². The molecule has 0 saturated heterocycles. The molecular formula is C53H34N2O. The van der Waals surface area contributed by atoms with E-state index in [9.17, 15) is 0 Å². The zero-order valence-electron chi connectivity index (χ0n) is 30.4. The first-order chi connectivity index (χ1) is 27.8. The van der Waals surface area contributed by atoms with Crippen molar-refractivity contribution in [1.29, 1.82) is 0 Å². The van der Waals surface area contributed by atoms with Gasteiger partial charge in [-0.25, -0.2) is 9.97 Å². The van der Waals surface area contributed by atoms with E-state index in [0.717, 1.165) is 55.6 Å². The number of benzene rings is 8. The summed E-state index contributed by atoms with van der Waals surface area (Å²) >= 11 is 0. The van der Waals surface area contributed by atoms with Gasteiger partial charge in [-0.15, -0.1) is 0 Å². The van der Waals surface area contributed by atoms with Crippen LogP contribution in [-0.2, 0) is 5.41 Å². The topological polar surface area (TPSA) is 38.9 Å². The molecule has 0 saturated carbocycles. The van der Waals surface area contributed by atoms with Crippen LogP contribution in [0.1, 0.15) is 22.3 Å². The fourth-order valence-corrected chi connectivity index (χ4v) is 8.96. The van der Waals surface area contributed by atoms with Crippen LogP contribution >= 0.6 is 0 Å². The van der Waals surface area contributed by atoms with Gasteiger partial charge in [-0.3, -0.25) is 0 Å². The molecule has 0 fully saturated rings. The van der Waals surface area contributed by atoms with Crippen LogP contribution in [0.4, 0.5) is 0 Å². The number of aromatic nitrogens is 2. The van der Waals surface area contributed by atoms with Gasteiger partial charge in [0.2, 0.25) is 0 Å². The fourth-order valence-electron chi connectivity index (χ4n) is 8.96. The van der Waals surface area contributed by atoms with Gasteiger partial charge in [0.25, 0.3) is 0 Å². The Balaban J connectivity index is 1.07. The first-order valence-electron chi connectivity index (χ1n) is 19.1. The van der Waals surface area contributed by atoms with E-state index in [0.29, 0.717) is 5.82 Å². The van der Waals surface area contributed by atoms with Gasteiger partial charge in [-0.2, -0.15) is 0 Å². The van der Waals surface area contributed by atoms with Gasteiger partial charge in [-0.1, -0.05) is 188 Å². The third-order valence-electron chi connectivity index (χ3n) is 11.4. The Hall–Kier alpha value is -7.36. The molecule has 10 aromatic rings. The van der Waals surface area contributed by atoms with Crippen LogP contribution in [0.15, 0.2) is 211 Å². The van der Waals surface area contributed by atoms with Crippen molar-refractivity contribution in [3.8, 4) is 56.2 Å². The molecule has 0 bridgehead atoms. The molecule has 1 aliphatic carbocycles. The zero-order chi connectivity index (χ0) is 37.1. The molecule has 2 aromatic heterocycles. The Morgan fingerprint density at radius 3 is 1.59 bits per heavy atom. The highest BCUT2D eigenvalue weighted by Gasteiger charge is 2.46. The van der Waals surface area contributed by atoms with Crippen molar-refractivity contribution in [2.45, 2.75) is 5.41 Å². The van der Waals surface area contributed by atoms with Crippen molar-refractivity contribution in [3.63, 3.8) is 0 Å². The zero-order valence-corrected chi connectivity index (χ0v) is 30.4. The Labute approximate surface area is 325 Å². The lowest BCUT2D eigenvalue weighted by atomic mass is 9.66. The smallest absolute Gasteiger partial charge is 0.160 e. The largest absolute Gasteiger partial charge is 0.455 e. The molecule has 0 N–H and O–H groups in total. The normalized spacial score (nSPS) is 12.8. The fraction of sp³-hybridized carbons (Fsp3) is 0.0189. The second-order valence-corrected chi connectivity index (χ2v) is 14.4. The van der Waals surface area contributed by atoms with E-state index in [1.165, 1.54) is 38.9 Å². The predicted octanol–water partition coefficient (Wildman–Crippen LogP) is 13.4. The molecule has 8 aromatic carbocycles. The van der Waals surface area contributed by atoms with Crippen molar-refractivity contribution in [3.05, 3.63) is 229 Å². The minimum absolute atomic E-state index is 0.493. The highest BCUT2D eigenvalue weighted by atomic mass is 16.3. The lowest BCUT2D eigenvalue weighted by molar-refractivity contribution is 0.670. The summed E-state index contributed by atoms with van der Waals surface area (Å²) in [6.07, 6.45) is 0. The summed E-state index contributed by atoms with van der Waals surface area (Å²) < 4.78 is 6.47. The van der Waals surface area contributed by atoms with Crippen molar-refractivity contribution >= 4 is 21.9 Å². The van der Waals surface area contributed by atoms with Crippen molar-refractivity contribution in [1.82, 2.24) is 9.97 Å². The first-order valence-corrected chi connectivity index (χ1v) is 19.1. The molecule has 0 aliphatic heterocycles. The second-order valence-electron chi connectivity index (χ2n) is 14.4. The molecule has 56 heavy (non-hydrogen) atoms. The molecule has 0 radical (unpaired) electrons. The Kier molecular flexibility index (Phi) is 7.39. The van der Waals surface area contributed by atoms with E-state index in [1.54, 1.807) is 0 Å². The maximum atomic E-state index is 6.47. The number of hydrogen-bond donors (Lipinski definition) is 0. The van der Waals surface area contributed by atoms with Crippen molar-refractivity contribution < 1.29 is 4.42 Å². The van der Waals surface area contributed by atoms with E-state index < -0.39 is 5.41 Å². The van der Waals surface area contributed by atoms with Crippen LogP contribution in [0, 0.1) is 0 Å². The van der Waals surface area contributed by atoms with Gasteiger partial charge in [0, 0.05) is 27.5 Å². The Morgan fingerprint density at radius 2 is 0.875 bits per heavy atom. The lowest BCUT2D eigenvalue weighted by Gasteiger charge is -2.35. The number of fused-ring (bicyclic) bond motifs is 6. The quantitative estimate of drug-likeness (QED) is 0.172. The van der Waals surface area contributed by atoms with Gasteiger partial charge < -0.3 is 4.42 Å². The summed E-state index contributed by atoms with van der Waals surface area (Å²) in [4.78, 5) is 10.3. The molecule has 3 heteroatoms. The van der Waals surface area contributed by atoms with Crippen LogP contribution in [0.5, 0.6) is 0 Å². The predicted molar refractivity (Wildman–Crippen MR) is 228 cm³/mol. The summed E-state index contributed by atoms with van der Waals surface area (Å²) in [6, 6.07) is 73.3. The maximum absolute atomic E-state index is 6.47. The lowest BCUT2D eigenvalue weighted by Crippen LogP contribution is -2.29. The highest BCUT2D eigenvalue weighted by molar-refractivity contribution is 6.09. The van der Waals surface area contributed by atoms with Crippen molar-refractivity contribution in [2.24, 2.45) is 0 Å². The SMILES string of the molecule is c1ccc(-c2nc(-c3ccc(-c4ccccc4C4(c5ccccc5)c5ccccc5-c5ccccc54)cc3)cc(-c3cccc4c3oc3ccccc34)n2)cc1. The molecule has 0 unspecified atom stereocenters. The van der Waals surface area contributed by atoms with E-state index in [2.05, 4.69) is 176 Å². The standard InChI is InChI=1S/C53H34N2O/c1-3-16-37(17-4-1)52-54-48(34-49(55-52)44-25-15-24-43-42-23-10-14-29-50(42)56-51(43)44)36-32-30-35(31-33-36)39-20-7-11-26-45(39)53(38-18-5-2-6-19-38)46-27-12-8-21-40(46)41-22-9-13-28-47(41)53/h1-34H. The molecule has 1 aliphatic rings. The van der Waals surface area contributed by atoms with E-state index >= 15 is 0 Å². The van der Waals surface area contributed by atoms with E-state index in [-0.39, 0.29) is 0 Å². The van der Waals surface area contributed by atoms with Gasteiger partial charge >= 0.3 is 0 Å². The number of rotatable bonds is 6. The number of furan rings is 1. The van der Waals surface area contributed by atoms with Crippen LogP contribution < -0.4 is 0 Å². The number of nitrogens with zero attached hydrogens (tertiary/aromatic N) is 2. The van der Waals surface area contributed by atoms with Crippen molar-refractivity contribution in [2.75, 3.05) is 0 Å². The molecule has 2 heterocycles. The molecule has 0 atom stereocenters. The number of hydrogen-bond acceptors (Lipinski definition) is 3. The summed E-state index contributed by atoms with van der Waals surface area (Å²) in [7, 11) is 0.